The molecule has 0 fully saturated rings. The monoisotopic (exact) mass is 916 g/mol. The van der Waals surface area contributed by atoms with Crippen LogP contribution in [0, 0.1) is 0 Å². The Labute approximate surface area is 366 Å². The molecule has 0 amide bonds. The Kier molecular flexibility index (Phi) is 15.6. The molecule has 64 heavy (non-hydrogen) atoms. The molecule has 0 bridgehead atoms. The van der Waals surface area contributed by atoms with Crippen molar-refractivity contribution in [1.82, 2.24) is 29.9 Å². The third-order valence-corrected chi connectivity index (χ3v) is 9.95. The van der Waals surface area contributed by atoms with E-state index in [0.717, 1.165) is 22.6 Å². The first-order chi connectivity index (χ1) is 30.8. The van der Waals surface area contributed by atoms with E-state index in [2.05, 4.69) is 49.9 Å². The summed E-state index contributed by atoms with van der Waals surface area (Å²) in [6.45, 7) is 7.91. The van der Waals surface area contributed by atoms with Gasteiger partial charge in [-0.25, -0.2) is 39.3 Å². The second-order valence-corrected chi connectivity index (χ2v) is 15.5. The summed E-state index contributed by atoms with van der Waals surface area (Å²) < 4.78 is 71.6. The van der Waals surface area contributed by atoms with Crippen molar-refractivity contribution in [2.24, 2.45) is 20.0 Å². The van der Waals surface area contributed by atoms with E-state index in [9.17, 15) is 25.9 Å². The van der Waals surface area contributed by atoms with Crippen LogP contribution in [0.1, 0.15) is 38.8 Å². The molecule has 6 rings (SSSR count). The molecule has 0 spiro atoms. The maximum absolute atomic E-state index is 12.7. The van der Waals surface area contributed by atoms with Crippen LogP contribution in [0.2, 0.25) is 0 Å². The van der Waals surface area contributed by atoms with Crippen molar-refractivity contribution in [2.45, 2.75) is 37.5 Å². The summed E-state index contributed by atoms with van der Waals surface area (Å²) in [7, 11) is -9.79. The number of anilines is 2. The average Bonchev–Trinajstić information content (AvgIpc) is 3.26. The molecule has 0 aliphatic heterocycles. The van der Waals surface area contributed by atoms with Gasteiger partial charge in [0.05, 0.1) is 49.2 Å². The van der Waals surface area contributed by atoms with Gasteiger partial charge in [0.1, 0.15) is 9.79 Å². The third kappa shape index (κ3) is 12.8. The Hall–Kier alpha value is -6.90. The summed E-state index contributed by atoms with van der Waals surface area (Å²) in [5, 5.41) is 2.11. The first-order valence-electron chi connectivity index (χ1n) is 19.5. The van der Waals surface area contributed by atoms with E-state index in [0.29, 0.717) is 11.4 Å². The second kappa shape index (κ2) is 21.5. The highest BCUT2D eigenvalue weighted by molar-refractivity contribution is 7.86. The van der Waals surface area contributed by atoms with Crippen molar-refractivity contribution in [2.75, 3.05) is 36.9 Å². The normalized spacial score (nSPS) is 13.3. The van der Waals surface area contributed by atoms with Crippen molar-refractivity contribution in [3.63, 3.8) is 0 Å². The zero-order valence-corrected chi connectivity index (χ0v) is 36.4. The minimum absolute atomic E-state index is 0.0397. The molecular weight excluding hydrogens is 873 g/mol. The molecule has 6 aromatic rings. The molecule has 22 nitrogen and oxygen atoms in total. The van der Waals surface area contributed by atoms with Gasteiger partial charge in [-0.1, -0.05) is 71.1 Å². The molecule has 2 aromatic heterocycles. The standard InChI is InChI=1S/C40H44N12O10S2/c1-5-59-51(60-6-2)39-47-35(41-29-15-11-9-12-16-29)45-37(49-39)43-31-23-21-27(33(25-31)63(53,54)55)19-20-28-22-24-32(26-34(28)64(56,57)58)44-38-46-36(42-30-17-13-10-14-18-30)48-40(50-38)52(61-7-3)62-8-4/h9-26H,5-8H2,1-4H3,(H,53,54,55)(H,56,57,58)(H2,41,43,45,47,49)(H2,42,44,46,48,50)/b20-19+. The van der Waals surface area contributed by atoms with Crippen LogP contribution in [0.25, 0.3) is 12.2 Å². The van der Waals surface area contributed by atoms with Crippen LogP contribution in [-0.4, -0.2) is 82.3 Å². The number of para-hydroxylation sites is 2. The van der Waals surface area contributed by atoms with Crippen LogP contribution in [0.4, 0.5) is 34.6 Å². The minimum Gasteiger partial charge on any atom is -0.294 e. The van der Waals surface area contributed by atoms with Crippen LogP contribution in [0.5, 0.6) is 0 Å². The van der Waals surface area contributed by atoms with Crippen molar-refractivity contribution in [3.05, 3.63) is 131 Å². The minimum atomic E-state index is -4.89. The van der Waals surface area contributed by atoms with Crippen molar-refractivity contribution in [3.8, 4) is 0 Å². The van der Waals surface area contributed by atoms with Gasteiger partial charge in [-0.05, 0) is 87.4 Å². The number of aromatic nitrogens is 6. The van der Waals surface area contributed by atoms with Crippen LogP contribution >= 0.6 is 0 Å². The Morgan fingerprint density at radius 3 is 1.20 bits per heavy atom. The predicted octanol–water partition coefficient (Wildman–Crippen LogP) is 4.80. The second-order valence-electron chi connectivity index (χ2n) is 12.7. The molecular formula is C40H44N12O10S2. The van der Waals surface area contributed by atoms with Crippen molar-refractivity contribution < 1.29 is 45.3 Å². The number of nitrogens with zero attached hydrogens (tertiary/aromatic N) is 8. The summed E-state index contributed by atoms with van der Waals surface area (Å²) in [4.78, 5) is 59.6. The maximum Gasteiger partial charge on any atom is 0.295 e. The molecule has 4 aromatic carbocycles. The Morgan fingerprint density at radius 1 is 0.516 bits per heavy atom. The van der Waals surface area contributed by atoms with Gasteiger partial charge in [-0.3, -0.25) is 29.0 Å². The highest BCUT2D eigenvalue weighted by Gasteiger charge is 2.19. The number of nitrogens with one attached hydrogen (secondary N) is 4. The van der Waals surface area contributed by atoms with Gasteiger partial charge in [0, 0.05) is 0 Å². The fourth-order valence-electron chi connectivity index (χ4n) is 5.57. The molecule has 24 heteroatoms. The number of hydrogen-bond acceptors (Lipinski definition) is 16. The molecule has 0 aliphatic rings. The molecule has 0 saturated carbocycles. The Morgan fingerprint density at radius 2 is 0.875 bits per heavy atom. The fraction of sp³-hybridized carbons (Fsp3) is 0.200. The lowest BCUT2D eigenvalue weighted by Crippen LogP contribution is -2.34. The summed E-state index contributed by atoms with van der Waals surface area (Å²) >= 11 is 0. The molecule has 0 aliphatic carbocycles. The van der Waals surface area contributed by atoms with Crippen molar-refractivity contribution in [1.29, 1.82) is 0 Å². The van der Waals surface area contributed by atoms with Gasteiger partial charge < -0.3 is 0 Å². The molecule has 336 valence electrons. The van der Waals surface area contributed by atoms with Crippen LogP contribution in [0.3, 0.4) is 0 Å². The smallest absolute Gasteiger partial charge is 0.294 e. The van der Waals surface area contributed by atoms with Gasteiger partial charge in [0.15, 0.2) is 0 Å². The first kappa shape index (κ1) is 46.6. The highest BCUT2D eigenvalue weighted by Crippen LogP contribution is 2.27. The van der Waals surface area contributed by atoms with Gasteiger partial charge in [-0.15, -0.1) is 0 Å². The third-order valence-electron chi connectivity index (χ3n) is 8.13. The number of aromatic amines is 4. The van der Waals surface area contributed by atoms with Crippen molar-refractivity contribution >= 4 is 67.0 Å². The summed E-state index contributed by atoms with van der Waals surface area (Å²) in [6.07, 6.45) is 2.50. The van der Waals surface area contributed by atoms with E-state index in [1.165, 1.54) is 36.4 Å². The quantitative estimate of drug-likeness (QED) is 0.0384. The van der Waals surface area contributed by atoms with Crippen LogP contribution in [-0.2, 0) is 39.6 Å². The lowest BCUT2D eigenvalue weighted by molar-refractivity contribution is -0.0856. The zero-order valence-electron chi connectivity index (χ0n) is 34.8. The lowest BCUT2D eigenvalue weighted by Gasteiger charge is -2.19. The number of rotatable bonds is 18. The molecule has 2 heterocycles. The molecule has 0 atom stereocenters. The predicted molar refractivity (Wildman–Crippen MR) is 233 cm³/mol. The van der Waals surface area contributed by atoms with Crippen LogP contribution < -0.4 is 32.9 Å². The SMILES string of the molecule is CCON(OCC)c1nc(=Nc2ccccc2)[nH]c(=Nc2ccc(/C=C/c3ccc(N=c4[nH]c(N(OCC)OCC)nc(=Nc5ccccc5)[nH]4)cc3S(=O)(=O)O)c(S(=O)(=O)O)c2)[nH]1. The molecule has 0 unspecified atom stereocenters. The highest BCUT2D eigenvalue weighted by atomic mass is 32.2. The van der Waals surface area contributed by atoms with E-state index in [-0.39, 0.29) is 83.3 Å². The zero-order chi connectivity index (χ0) is 45.7. The van der Waals surface area contributed by atoms with E-state index in [1.807, 2.05) is 12.1 Å². The molecule has 0 radical (unpaired) electrons. The van der Waals surface area contributed by atoms with E-state index >= 15 is 0 Å². The number of benzene rings is 4. The Bertz CT molecular complexity index is 2880. The van der Waals surface area contributed by atoms with E-state index < -0.39 is 30.0 Å². The average molecular weight is 917 g/mol. The molecule has 6 N–H and O–H groups in total. The maximum atomic E-state index is 12.7. The fourth-order valence-corrected chi connectivity index (χ4v) is 6.98. The molecule has 0 saturated heterocycles. The first-order valence-corrected chi connectivity index (χ1v) is 22.4. The number of H-pyrrole nitrogens is 4. The summed E-state index contributed by atoms with van der Waals surface area (Å²) in [5.74, 6) is 0.109. The van der Waals surface area contributed by atoms with Gasteiger partial charge in [0.2, 0.25) is 22.5 Å². The topological polar surface area (TPSA) is 291 Å². The summed E-state index contributed by atoms with van der Waals surface area (Å²) in [5.41, 5.74) is 1.41. The van der Waals surface area contributed by atoms with Gasteiger partial charge in [0.25, 0.3) is 32.1 Å². The summed E-state index contributed by atoms with van der Waals surface area (Å²) in [6, 6.07) is 25.7. The van der Waals surface area contributed by atoms with Gasteiger partial charge >= 0.3 is 0 Å². The van der Waals surface area contributed by atoms with Crippen LogP contribution in [0.15, 0.2) is 127 Å². The van der Waals surface area contributed by atoms with E-state index in [1.54, 1.807) is 76.2 Å². The van der Waals surface area contributed by atoms with E-state index in [4.69, 9.17) is 19.4 Å². The Balaban J connectivity index is 1.41. The number of hydrogen-bond donors (Lipinski definition) is 6. The lowest BCUT2D eigenvalue weighted by atomic mass is 10.1. The largest absolute Gasteiger partial charge is 0.295 e. The van der Waals surface area contributed by atoms with Gasteiger partial charge in [-0.2, -0.15) is 26.8 Å².